The fraction of sp³-hybridized carbons (Fsp3) is 0.150. The van der Waals surface area contributed by atoms with E-state index >= 15 is 0 Å². The molecule has 4 nitrogen and oxygen atoms in total. The van der Waals surface area contributed by atoms with Gasteiger partial charge in [0, 0.05) is 5.56 Å². The Labute approximate surface area is 150 Å². The fourth-order valence-electron chi connectivity index (χ4n) is 2.85. The van der Waals surface area contributed by atoms with Crippen molar-refractivity contribution < 1.29 is 0 Å². The summed E-state index contributed by atoms with van der Waals surface area (Å²) >= 11 is 1.34. The van der Waals surface area contributed by atoms with Crippen LogP contribution in [0.15, 0.2) is 52.4 Å². The van der Waals surface area contributed by atoms with Crippen molar-refractivity contribution in [3.63, 3.8) is 0 Å². The minimum absolute atomic E-state index is 0.0374. The van der Waals surface area contributed by atoms with E-state index in [0.29, 0.717) is 10.9 Å². The topological polar surface area (TPSA) is 69.5 Å². The van der Waals surface area contributed by atoms with Gasteiger partial charge in [-0.15, -0.1) is 0 Å². The normalized spacial score (nSPS) is 10.5. The minimum atomic E-state index is -0.409. The van der Waals surface area contributed by atoms with E-state index in [9.17, 15) is 10.1 Å². The number of nitriles is 1. The first-order valence-corrected chi connectivity index (χ1v) is 9.02. The van der Waals surface area contributed by atoms with Crippen LogP contribution >= 0.6 is 11.8 Å². The van der Waals surface area contributed by atoms with Gasteiger partial charge in [0.2, 0.25) is 0 Å². The highest BCUT2D eigenvalue weighted by molar-refractivity contribution is 7.98. The minimum Gasteiger partial charge on any atom is -0.300 e. The number of hydrogen-bond acceptors (Lipinski definition) is 4. The number of thioether (sulfide) groups is 1. The van der Waals surface area contributed by atoms with Crippen molar-refractivity contribution in [3.8, 4) is 28.5 Å². The highest BCUT2D eigenvalue weighted by Crippen LogP contribution is 2.28. The Morgan fingerprint density at radius 2 is 1.72 bits per heavy atom. The SMILES string of the molecule is CSc1nc(-c2cccc(-c3cc(C)cc(C)c3)c2)c(C#N)c(=O)[nH]1. The zero-order valence-electron chi connectivity index (χ0n) is 14.3. The number of aromatic amines is 1. The first kappa shape index (κ1) is 17.0. The Balaban J connectivity index is 2.19. The van der Waals surface area contributed by atoms with Crippen molar-refractivity contribution in [1.29, 1.82) is 5.26 Å². The van der Waals surface area contributed by atoms with Crippen LogP contribution < -0.4 is 5.56 Å². The highest BCUT2D eigenvalue weighted by atomic mass is 32.2. The summed E-state index contributed by atoms with van der Waals surface area (Å²) in [6, 6.07) is 16.1. The van der Waals surface area contributed by atoms with E-state index in [4.69, 9.17) is 0 Å². The average molecular weight is 347 g/mol. The first-order valence-electron chi connectivity index (χ1n) is 7.79. The predicted octanol–water partition coefficient (Wildman–Crippen LogP) is 4.31. The Hall–Kier alpha value is -2.84. The largest absolute Gasteiger partial charge is 0.300 e. The molecule has 5 heteroatoms. The second-order valence-electron chi connectivity index (χ2n) is 5.87. The number of benzene rings is 2. The van der Waals surface area contributed by atoms with Crippen molar-refractivity contribution in [2.45, 2.75) is 19.0 Å². The van der Waals surface area contributed by atoms with Gasteiger partial charge >= 0.3 is 0 Å². The quantitative estimate of drug-likeness (QED) is 0.566. The van der Waals surface area contributed by atoms with Crippen LogP contribution in [0.2, 0.25) is 0 Å². The summed E-state index contributed by atoms with van der Waals surface area (Å²) in [6.45, 7) is 4.13. The van der Waals surface area contributed by atoms with Gasteiger partial charge in [0.25, 0.3) is 5.56 Å². The number of aryl methyl sites for hydroxylation is 2. The first-order chi connectivity index (χ1) is 12.0. The summed E-state index contributed by atoms with van der Waals surface area (Å²) in [6.07, 6.45) is 1.83. The zero-order chi connectivity index (χ0) is 18.0. The molecule has 0 atom stereocenters. The molecule has 0 saturated heterocycles. The molecule has 1 heterocycles. The number of hydrogen-bond donors (Lipinski definition) is 1. The van der Waals surface area contributed by atoms with E-state index < -0.39 is 5.56 Å². The monoisotopic (exact) mass is 347 g/mol. The van der Waals surface area contributed by atoms with Crippen molar-refractivity contribution in [2.24, 2.45) is 0 Å². The molecule has 0 saturated carbocycles. The number of H-pyrrole nitrogens is 1. The molecule has 124 valence electrons. The van der Waals surface area contributed by atoms with E-state index in [1.807, 2.05) is 36.6 Å². The molecule has 1 aromatic heterocycles. The second-order valence-corrected chi connectivity index (χ2v) is 6.66. The lowest BCUT2D eigenvalue weighted by Crippen LogP contribution is -2.14. The maximum atomic E-state index is 12.1. The molecular formula is C20H17N3OS. The van der Waals surface area contributed by atoms with Gasteiger partial charge in [-0.2, -0.15) is 5.26 Å². The summed E-state index contributed by atoms with van der Waals surface area (Å²) in [5.74, 6) is 0. The maximum Gasteiger partial charge on any atom is 0.270 e. The third-order valence-corrected chi connectivity index (χ3v) is 4.47. The Kier molecular flexibility index (Phi) is 4.73. The molecule has 25 heavy (non-hydrogen) atoms. The molecule has 3 rings (SSSR count). The van der Waals surface area contributed by atoms with E-state index in [2.05, 4.69) is 42.0 Å². The molecule has 1 N–H and O–H groups in total. The van der Waals surface area contributed by atoms with E-state index in [-0.39, 0.29) is 5.56 Å². The molecule has 0 unspecified atom stereocenters. The van der Waals surface area contributed by atoms with E-state index in [0.717, 1.165) is 16.7 Å². The molecule has 0 aliphatic rings. The molecule has 0 aliphatic heterocycles. The molecule has 0 radical (unpaired) electrons. The third-order valence-electron chi connectivity index (χ3n) is 3.89. The zero-order valence-corrected chi connectivity index (χ0v) is 15.1. The third kappa shape index (κ3) is 3.49. The van der Waals surface area contributed by atoms with Crippen LogP contribution in [-0.4, -0.2) is 16.2 Å². The summed E-state index contributed by atoms with van der Waals surface area (Å²) in [5, 5.41) is 9.86. The van der Waals surface area contributed by atoms with Crippen molar-refractivity contribution in [2.75, 3.05) is 6.26 Å². The van der Waals surface area contributed by atoms with Crippen LogP contribution in [0, 0.1) is 25.2 Å². The van der Waals surface area contributed by atoms with Crippen molar-refractivity contribution in [1.82, 2.24) is 9.97 Å². The Morgan fingerprint density at radius 3 is 2.36 bits per heavy atom. The Bertz CT molecular complexity index is 1030. The van der Waals surface area contributed by atoms with Gasteiger partial charge in [-0.3, -0.25) is 4.79 Å². The highest BCUT2D eigenvalue weighted by Gasteiger charge is 2.14. The molecule has 0 aliphatic carbocycles. The van der Waals surface area contributed by atoms with Gasteiger partial charge in [0.15, 0.2) is 5.16 Å². The molecular weight excluding hydrogens is 330 g/mol. The molecule has 3 aromatic rings. The van der Waals surface area contributed by atoms with Crippen LogP contribution in [0.5, 0.6) is 0 Å². The number of nitrogens with zero attached hydrogens (tertiary/aromatic N) is 2. The van der Waals surface area contributed by atoms with Crippen molar-refractivity contribution in [3.05, 3.63) is 69.5 Å². The number of aromatic nitrogens is 2. The molecule has 0 spiro atoms. The summed E-state index contributed by atoms with van der Waals surface area (Å²) in [7, 11) is 0. The number of rotatable bonds is 3. The molecule has 0 amide bonds. The number of nitrogens with one attached hydrogen (secondary N) is 1. The van der Waals surface area contributed by atoms with Gasteiger partial charge in [-0.25, -0.2) is 4.98 Å². The smallest absolute Gasteiger partial charge is 0.270 e. The van der Waals surface area contributed by atoms with Gasteiger partial charge in [0.05, 0.1) is 5.69 Å². The van der Waals surface area contributed by atoms with E-state index in [1.54, 1.807) is 0 Å². The second kappa shape index (κ2) is 6.96. The molecule has 0 fully saturated rings. The maximum absolute atomic E-state index is 12.1. The van der Waals surface area contributed by atoms with Crippen LogP contribution in [0.25, 0.3) is 22.4 Å². The van der Waals surface area contributed by atoms with Crippen LogP contribution in [0.1, 0.15) is 16.7 Å². The van der Waals surface area contributed by atoms with E-state index in [1.165, 1.54) is 22.9 Å². The lowest BCUT2D eigenvalue weighted by molar-refractivity contribution is 0.938. The lowest BCUT2D eigenvalue weighted by Gasteiger charge is -2.09. The molecule has 2 aromatic carbocycles. The lowest BCUT2D eigenvalue weighted by atomic mass is 9.97. The van der Waals surface area contributed by atoms with Gasteiger partial charge in [-0.1, -0.05) is 59.3 Å². The average Bonchev–Trinajstić information content (AvgIpc) is 2.60. The summed E-state index contributed by atoms with van der Waals surface area (Å²) < 4.78 is 0. The molecule has 0 bridgehead atoms. The van der Waals surface area contributed by atoms with Crippen LogP contribution in [0.4, 0.5) is 0 Å². The fourth-order valence-corrected chi connectivity index (χ4v) is 3.23. The summed E-state index contributed by atoms with van der Waals surface area (Å²) in [5.41, 5.74) is 5.32. The van der Waals surface area contributed by atoms with Gasteiger partial charge in [-0.05, 0) is 37.3 Å². The van der Waals surface area contributed by atoms with Crippen molar-refractivity contribution >= 4 is 11.8 Å². The van der Waals surface area contributed by atoms with Gasteiger partial charge < -0.3 is 4.98 Å². The standard InChI is InChI=1S/C20H17N3OS/c1-12-7-13(2)9-16(8-12)14-5-4-6-15(10-14)18-17(11-21)19(24)23-20(22-18)25-3/h4-10H,1-3H3,(H,22,23,24). The van der Waals surface area contributed by atoms with Gasteiger partial charge in [0.1, 0.15) is 11.6 Å². The summed E-state index contributed by atoms with van der Waals surface area (Å²) in [4.78, 5) is 19.2. The van der Waals surface area contributed by atoms with Crippen LogP contribution in [0.3, 0.4) is 0 Å². The predicted molar refractivity (Wildman–Crippen MR) is 102 cm³/mol. The van der Waals surface area contributed by atoms with Crippen LogP contribution in [-0.2, 0) is 0 Å². The Morgan fingerprint density at radius 1 is 1.04 bits per heavy atom.